The number of carbonyl (C=O) groups is 5. The molecular weight excluding hydrogens is 448 g/mol. The van der Waals surface area contributed by atoms with Crippen molar-refractivity contribution in [2.24, 2.45) is 0 Å². The number of anilines is 1. The van der Waals surface area contributed by atoms with Crippen LogP contribution in [0.3, 0.4) is 0 Å². The molecular formula is C27H20N2O6. The summed E-state index contributed by atoms with van der Waals surface area (Å²) in [5.74, 6) is -2.14. The highest BCUT2D eigenvalue weighted by atomic mass is 16.5. The molecule has 3 amide bonds. The molecule has 3 aromatic rings. The topological polar surface area (TPSA) is 110 Å². The molecule has 0 saturated carbocycles. The Balaban J connectivity index is 1.25. The molecule has 2 aliphatic heterocycles. The van der Waals surface area contributed by atoms with Gasteiger partial charge < -0.3 is 10.1 Å². The Morgan fingerprint density at radius 2 is 1.57 bits per heavy atom. The molecule has 0 spiro atoms. The number of nitrogens with zero attached hydrogens (tertiary/aromatic N) is 1. The summed E-state index contributed by atoms with van der Waals surface area (Å²) in [7, 11) is 0. The van der Waals surface area contributed by atoms with E-state index in [1.54, 1.807) is 18.2 Å². The van der Waals surface area contributed by atoms with E-state index in [4.69, 9.17) is 4.74 Å². The van der Waals surface area contributed by atoms with Crippen molar-refractivity contribution in [1.82, 2.24) is 4.90 Å². The van der Waals surface area contributed by atoms with Crippen LogP contribution in [0, 0.1) is 0 Å². The van der Waals surface area contributed by atoms with Crippen LogP contribution >= 0.6 is 0 Å². The van der Waals surface area contributed by atoms with Crippen molar-refractivity contribution in [3.05, 3.63) is 100 Å². The van der Waals surface area contributed by atoms with E-state index >= 15 is 0 Å². The van der Waals surface area contributed by atoms with Crippen LogP contribution in [0.15, 0.2) is 66.7 Å². The number of amides is 3. The first-order valence-corrected chi connectivity index (χ1v) is 11.1. The Labute approximate surface area is 200 Å². The average molecular weight is 468 g/mol. The number of benzene rings is 3. The summed E-state index contributed by atoms with van der Waals surface area (Å²) in [5.41, 5.74) is 3.14. The minimum Gasteiger partial charge on any atom is -0.454 e. The van der Waals surface area contributed by atoms with Crippen molar-refractivity contribution >= 4 is 35.2 Å². The molecule has 0 aliphatic carbocycles. The fourth-order valence-electron chi connectivity index (χ4n) is 4.18. The summed E-state index contributed by atoms with van der Waals surface area (Å²) in [6, 6.07) is 18.2. The standard InChI is InChI=1S/C27H20N2O6/c30-23(18-7-10-22-17(12-18)8-11-24(31)28-22)15-35-27(34)19-6-9-20-21(13-19)26(33)29(25(20)32)14-16-4-2-1-3-5-16/h1-7,9-10,12-13H,8,11,14-15H2,(H,28,31). The van der Waals surface area contributed by atoms with Crippen LogP contribution in [-0.4, -0.2) is 41.0 Å². The Morgan fingerprint density at radius 3 is 2.37 bits per heavy atom. The molecule has 3 aromatic carbocycles. The molecule has 35 heavy (non-hydrogen) atoms. The quantitative estimate of drug-likeness (QED) is 0.337. The van der Waals surface area contributed by atoms with Crippen LogP contribution in [0.5, 0.6) is 0 Å². The third kappa shape index (κ3) is 4.33. The zero-order valence-corrected chi connectivity index (χ0v) is 18.6. The largest absolute Gasteiger partial charge is 0.454 e. The van der Waals surface area contributed by atoms with Gasteiger partial charge in [0.1, 0.15) is 0 Å². The van der Waals surface area contributed by atoms with Gasteiger partial charge in [0.05, 0.1) is 23.2 Å². The maximum absolute atomic E-state index is 12.8. The average Bonchev–Trinajstić information content (AvgIpc) is 3.11. The summed E-state index contributed by atoms with van der Waals surface area (Å²) < 4.78 is 5.18. The minimum absolute atomic E-state index is 0.0665. The lowest BCUT2D eigenvalue weighted by Gasteiger charge is -2.17. The lowest BCUT2D eigenvalue weighted by molar-refractivity contribution is -0.116. The SMILES string of the molecule is O=C1CCc2cc(C(=O)COC(=O)c3ccc4c(c3)C(=O)N(Cc3ccccc3)C4=O)ccc2N1. The van der Waals surface area contributed by atoms with E-state index in [0.29, 0.717) is 24.1 Å². The highest BCUT2D eigenvalue weighted by molar-refractivity contribution is 6.22. The van der Waals surface area contributed by atoms with Gasteiger partial charge in [0, 0.05) is 17.7 Å². The third-order valence-corrected chi connectivity index (χ3v) is 6.05. The first-order chi connectivity index (χ1) is 16.9. The van der Waals surface area contributed by atoms with Gasteiger partial charge in [0.2, 0.25) is 5.91 Å². The predicted molar refractivity (Wildman–Crippen MR) is 125 cm³/mol. The van der Waals surface area contributed by atoms with E-state index < -0.39 is 24.4 Å². The van der Waals surface area contributed by atoms with Gasteiger partial charge in [-0.15, -0.1) is 0 Å². The number of hydrogen-bond donors (Lipinski definition) is 1. The molecule has 0 fully saturated rings. The van der Waals surface area contributed by atoms with E-state index in [-0.39, 0.29) is 34.9 Å². The van der Waals surface area contributed by atoms with E-state index in [1.807, 2.05) is 30.3 Å². The lowest BCUT2D eigenvalue weighted by Crippen LogP contribution is -2.29. The summed E-state index contributed by atoms with van der Waals surface area (Å²) in [5, 5.41) is 2.75. The summed E-state index contributed by atoms with van der Waals surface area (Å²) in [6.07, 6.45) is 0.882. The molecule has 0 aromatic heterocycles. The molecule has 1 N–H and O–H groups in total. The second-order valence-electron chi connectivity index (χ2n) is 8.36. The number of ketones is 1. The Bertz CT molecular complexity index is 1400. The number of hydrogen-bond acceptors (Lipinski definition) is 6. The number of esters is 1. The summed E-state index contributed by atoms with van der Waals surface area (Å²) in [6.45, 7) is -0.347. The van der Waals surface area contributed by atoms with Crippen LogP contribution in [-0.2, 0) is 22.5 Å². The molecule has 2 aliphatic rings. The van der Waals surface area contributed by atoms with Crippen LogP contribution in [0.2, 0.25) is 0 Å². The van der Waals surface area contributed by atoms with Gasteiger partial charge in [-0.1, -0.05) is 30.3 Å². The van der Waals surface area contributed by atoms with Crippen LogP contribution in [0.1, 0.15) is 59.0 Å². The number of carbonyl (C=O) groups excluding carboxylic acids is 5. The van der Waals surface area contributed by atoms with Crippen LogP contribution < -0.4 is 5.32 Å². The highest BCUT2D eigenvalue weighted by Crippen LogP contribution is 2.26. The molecule has 0 atom stereocenters. The Morgan fingerprint density at radius 1 is 0.829 bits per heavy atom. The van der Waals surface area contributed by atoms with E-state index in [1.165, 1.54) is 18.2 Å². The van der Waals surface area contributed by atoms with Gasteiger partial charge in [-0.05, 0) is 53.9 Å². The molecule has 8 nitrogen and oxygen atoms in total. The first kappa shape index (κ1) is 22.2. The van der Waals surface area contributed by atoms with Gasteiger partial charge in [-0.25, -0.2) is 4.79 Å². The molecule has 2 heterocycles. The predicted octanol–water partition coefficient (Wildman–Crippen LogP) is 3.41. The van der Waals surface area contributed by atoms with Crippen molar-refractivity contribution in [1.29, 1.82) is 0 Å². The van der Waals surface area contributed by atoms with E-state index in [0.717, 1.165) is 16.0 Å². The summed E-state index contributed by atoms with van der Waals surface area (Å²) >= 11 is 0. The van der Waals surface area contributed by atoms with Crippen molar-refractivity contribution in [3.8, 4) is 0 Å². The number of rotatable bonds is 6. The van der Waals surface area contributed by atoms with Gasteiger partial charge >= 0.3 is 5.97 Å². The van der Waals surface area contributed by atoms with Crippen LogP contribution in [0.25, 0.3) is 0 Å². The van der Waals surface area contributed by atoms with Gasteiger partial charge in [-0.2, -0.15) is 0 Å². The zero-order chi connectivity index (χ0) is 24.5. The fourth-order valence-corrected chi connectivity index (χ4v) is 4.18. The highest BCUT2D eigenvalue weighted by Gasteiger charge is 2.36. The Kier molecular flexibility index (Phi) is 5.70. The molecule has 174 valence electrons. The maximum Gasteiger partial charge on any atom is 0.338 e. The van der Waals surface area contributed by atoms with Crippen molar-refractivity contribution in [2.45, 2.75) is 19.4 Å². The number of aryl methyl sites for hydroxylation is 1. The molecule has 0 unspecified atom stereocenters. The molecule has 0 saturated heterocycles. The van der Waals surface area contributed by atoms with Gasteiger partial charge in [0.25, 0.3) is 11.8 Å². The molecule has 8 heteroatoms. The zero-order valence-electron chi connectivity index (χ0n) is 18.6. The smallest absolute Gasteiger partial charge is 0.338 e. The number of nitrogens with one attached hydrogen (secondary N) is 1. The van der Waals surface area contributed by atoms with Crippen molar-refractivity contribution in [2.75, 3.05) is 11.9 Å². The van der Waals surface area contributed by atoms with Crippen molar-refractivity contribution in [3.63, 3.8) is 0 Å². The summed E-state index contributed by atoms with van der Waals surface area (Å²) in [4.78, 5) is 63.3. The number of fused-ring (bicyclic) bond motifs is 2. The maximum atomic E-state index is 12.8. The first-order valence-electron chi connectivity index (χ1n) is 11.1. The van der Waals surface area contributed by atoms with E-state index in [2.05, 4.69) is 5.32 Å². The number of imide groups is 1. The third-order valence-electron chi connectivity index (χ3n) is 6.05. The lowest BCUT2D eigenvalue weighted by atomic mass is 9.99. The fraction of sp³-hybridized carbons (Fsp3) is 0.148. The normalized spacial score (nSPS) is 14.3. The number of ether oxygens (including phenoxy) is 1. The molecule has 0 radical (unpaired) electrons. The Hall–Kier alpha value is -4.59. The second kappa shape index (κ2) is 8.98. The van der Waals surface area contributed by atoms with Crippen LogP contribution in [0.4, 0.5) is 5.69 Å². The second-order valence-corrected chi connectivity index (χ2v) is 8.36. The van der Waals surface area contributed by atoms with Gasteiger partial charge in [0.15, 0.2) is 12.4 Å². The monoisotopic (exact) mass is 468 g/mol. The minimum atomic E-state index is -0.770. The molecule has 0 bridgehead atoms. The number of Topliss-reactive ketones (excluding diaryl/α,β-unsaturated/α-hetero) is 1. The van der Waals surface area contributed by atoms with Crippen molar-refractivity contribution < 1.29 is 28.7 Å². The van der Waals surface area contributed by atoms with Gasteiger partial charge in [-0.3, -0.25) is 24.1 Å². The molecule has 5 rings (SSSR count). The van der Waals surface area contributed by atoms with E-state index in [9.17, 15) is 24.0 Å².